The van der Waals surface area contributed by atoms with Crippen molar-refractivity contribution < 1.29 is 14.0 Å². The zero-order valence-electron chi connectivity index (χ0n) is 17.1. The van der Waals surface area contributed by atoms with Crippen molar-refractivity contribution in [3.05, 3.63) is 74.9 Å². The second-order valence-electron chi connectivity index (χ2n) is 7.33. The van der Waals surface area contributed by atoms with E-state index < -0.39 is 11.7 Å². The highest BCUT2D eigenvalue weighted by Gasteiger charge is 2.20. The van der Waals surface area contributed by atoms with Gasteiger partial charge in [0.1, 0.15) is 5.82 Å². The highest BCUT2D eigenvalue weighted by atomic mass is 35.5. The summed E-state index contributed by atoms with van der Waals surface area (Å²) in [5.41, 5.74) is 4.10. The summed E-state index contributed by atoms with van der Waals surface area (Å²) >= 11 is 7.14. The van der Waals surface area contributed by atoms with Gasteiger partial charge in [0.05, 0.1) is 20.5 Å². The molecule has 0 bridgehead atoms. The van der Waals surface area contributed by atoms with Crippen LogP contribution in [-0.2, 0) is 6.42 Å². The number of hydrogen-bond donors (Lipinski definition) is 2. The maximum absolute atomic E-state index is 13.2. The standard InChI is InChI=1S/C23H21ClFN3O2S/c1-3-28-9-8-14-4-6-16(12-19(14)28)26-23(30)21-13(2)10-20(31-21)27-22(29)17-7-5-15(25)11-18(17)24/h4-7,10-12H,3,8-9H2,1-2H3,(H,26,30)(H,27,29). The SMILES string of the molecule is CCN1CCc2ccc(NC(=O)c3sc(NC(=O)c4ccc(F)cc4Cl)cc3C)cc21. The van der Waals surface area contributed by atoms with Crippen molar-refractivity contribution in [2.45, 2.75) is 20.3 Å². The number of thiophene rings is 1. The zero-order chi connectivity index (χ0) is 22.1. The van der Waals surface area contributed by atoms with Crippen molar-refractivity contribution in [3.63, 3.8) is 0 Å². The largest absolute Gasteiger partial charge is 0.371 e. The predicted octanol–water partition coefficient (Wildman–Crippen LogP) is 5.74. The van der Waals surface area contributed by atoms with Gasteiger partial charge in [0.2, 0.25) is 0 Å². The third-order valence-corrected chi connectivity index (χ3v) is 6.72. The van der Waals surface area contributed by atoms with Crippen LogP contribution in [0.3, 0.4) is 0 Å². The number of benzene rings is 2. The first-order valence-electron chi connectivity index (χ1n) is 9.91. The molecule has 0 saturated carbocycles. The Kier molecular flexibility index (Phi) is 5.98. The molecule has 1 aliphatic rings. The van der Waals surface area contributed by atoms with E-state index in [2.05, 4.69) is 28.5 Å². The molecule has 3 aromatic rings. The molecule has 2 aromatic carbocycles. The number of aryl methyl sites for hydroxylation is 1. The summed E-state index contributed by atoms with van der Waals surface area (Å²) in [5, 5.41) is 6.23. The van der Waals surface area contributed by atoms with Crippen molar-refractivity contribution in [2.75, 3.05) is 28.6 Å². The fraction of sp³-hybridized carbons (Fsp3) is 0.217. The Balaban J connectivity index is 1.49. The quantitative estimate of drug-likeness (QED) is 0.513. The maximum Gasteiger partial charge on any atom is 0.266 e. The number of fused-ring (bicyclic) bond motifs is 1. The van der Waals surface area contributed by atoms with Crippen LogP contribution in [0.2, 0.25) is 5.02 Å². The van der Waals surface area contributed by atoms with Crippen LogP contribution in [0.5, 0.6) is 0 Å². The van der Waals surface area contributed by atoms with Gasteiger partial charge in [0.25, 0.3) is 11.8 Å². The zero-order valence-corrected chi connectivity index (χ0v) is 18.7. The first-order chi connectivity index (χ1) is 14.9. The van der Waals surface area contributed by atoms with E-state index in [0.717, 1.165) is 42.5 Å². The Morgan fingerprint density at radius 2 is 1.94 bits per heavy atom. The van der Waals surface area contributed by atoms with Gasteiger partial charge in [-0.3, -0.25) is 9.59 Å². The van der Waals surface area contributed by atoms with Crippen LogP contribution in [0.25, 0.3) is 0 Å². The van der Waals surface area contributed by atoms with Crippen molar-refractivity contribution in [1.29, 1.82) is 0 Å². The molecule has 0 radical (unpaired) electrons. The third-order valence-electron chi connectivity index (χ3n) is 5.25. The maximum atomic E-state index is 13.2. The number of carbonyl (C=O) groups is 2. The van der Waals surface area contributed by atoms with E-state index in [1.54, 1.807) is 6.07 Å². The first kappa shape index (κ1) is 21.3. The molecule has 1 aliphatic heterocycles. The number of likely N-dealkylation sites (N-methyl/N-ethyl adjacent to an activating group) is 1. The summed E-state index contributed by atoms with van der Waals surface area (Å²) in [5.74, 6) is -1.21. The summed E-state index contributed by atoms with van der Waals surface area (Å²) in [7, 11) is 0. The van der Waals surface area contributed by atoms with E-state index in [0.29, 0.717) is 9.88 Å². The molecule has 0 atom stereocenters. The Labute approximate surface area is 188 Å². The van der Waals surface area contributed by atoms with Crippen LogP contribution in [-0.4, -0.2) is 24.9 Å². The van der Waals surface area contributed by atoms with Crippen LogP contribution >= 0.6 is 22.9 Å². The molecule has 0 unspecified atom stereocenters. The van der Waals surface area contributed by atoms with E-state index in [4.69, 9.17) is 11.6 Å². The molecule has 31 heavy (non-hydrogen) atoms. The minimum absolute atomic E-state index is 0.0291. The number of amides is 2. The summed E-state index contributed by atoms with van der Waals surface area (Å²) < 4.78 is 13.2. The molecule has 2 N–H and O–H groups in total. The number of nitrogens with zero attached hydrogens (tertiary/aromatic N) is 1. The van der Waals surface area contributed by atoms with Crippen LogP contribution in [0.15, 0.2) is 42.5 Å². The number of halogens is 2. The monoisotopic (exact) mass is 457 g/mol. The summed E-state index contributed by atoms with van der Waals surface area (Å²) in [6.45, 7) is 5.85. The Morgan fingerprint density at radius 3 is 2.68 bits per heavy atom. The van der Waals surface area contributed by atoms with Crippen LogP contribution < -0.4 is 15.5 Å². The van der Waals surface area contributed by atoms with Crippen LogP contribution in [0.1, 0.15) is 38.1 Å². The van der Waals surface area contributed by atoms with Crippen molar-refractivity contribution in [3.8, 4) is 0 Å². The summed E-state index contributed by atoms with van der Waals surface area (Å²) in [6, 6.07) is 11.3. The second-order valence-corrected chi connectivity index (χ2v) is 8.79. The number of hydrogen-bond acceptors (Lipinski definition) is 4. The normalized spacial score (nSPS) is 12.6. The fourth-order valence-corrected chi connectivity index (χ4v) is 4.88. The average molecular weight is 458 g/mol. The van der Waals surface area contributed by atoms with Gasteiger partial charge in [-0.05, 0) is 67.8 Å². The van der Waals surface area contributed by atoms with E-state index in [-0.39, 0.29) is 16.5 Å². The number of rotatable bonds is 5. The lowest BCUT2D eigenvalue weighted by Crippen LogP contribution is -2.19. The third kappa shape index (κ3) is 4.43. The molecule has 160 valence electrons. The molecular weight excluding hydrogens is 437 g/mol. The molecule has 8 heteroatoms. The molecule has 1 aromatic heterocycles. The second kappa shape index (κ2) is 8.69. The van der Waals surface area contributed by atoms with E-state index in [9.17, 15) is 14.0 Å². The molecule has 0 aliphatic carbocycles. The summed E-state index contributed by atoms with van der Waals surface area (Å²) in [6.07, 6.45) is 1.02. The topological polar surface area (TPSA) is 61.4 Å². The minimum atomic E-state index is -0.513. The first-order valence-corrected chi connectivity index (χ1v) is 11.1. The molecule has 2 amide bonds. The highest BCUT2D eigenvalue weighted by Crippen LogP contribution is 2.32. The molecule has 0 fully saturated rings. The van der Waals surface area contributed by atoms with Gasteiger partial charge in [0, 0.05) is 24.5 Å². The fourth-order valence-electron chi connectivity index (χ4n) is 3.66. The number of anilines is 3. The Hall–Kier alpha value is -2.90. The number of nitrogens with one attached hydrogen (secondary N) is 2. The van der Waals surface area contributed by atoms with Gasteiger partial charge in [-0.2, -0.15) is 0 Å². The smallest absolute Gasteiger partial charge is 0.266 e. The molecule has 5 nitrogen and oxygen atoms in total. The van der Waals surface area contributed by atoms with Crippen LogP contribution in [0.4, 0.5) is 20.8 Å². The predicted molar refractivity (Wildman–Crippen MR) is 124 cm³/mol. The minimum Gasteiger partial charge on any atom is -0.371 e. The lowest BCUT2D eigenvalue weighted by atomic mass is 10.1. The van der Waals surface area contributed by atoms with Gasteiger partial charge in [-0.1, -0.05) is 17.7 Å². The summed E-state index contributed by atoms with van der Waals surface area (Å²) in [4.78, 5) is 28.1. The average Bonchev–Trinajstić information content (AvgIpc) is 3.30. The van der Waals surface area contributed by atoms with E-state index in [1.165, 1.54) is 29.0 Å². The Morgan fingerprint density at radius 1 is 1.13 bits per heavy atom. The van der Waals surface area contributed by atoms with Crippen LogP contribution in [0, 0.1) is 12.7 Å². The van der Waals surface area contributed by atoms with E-state index in [1.807, 2.05) is 19.1 Å². The molecule has 2 heterocycles. The van der Waals surface area contributed by atoms with Crippen molar-refractivity contribution in [2.24, 2.45) is 0 Å². The molecular formula is C23H21ClFN3O2S. The molecule has 0 spiro atoms. The van der Waals surface area contributed by atoms with Gasteiger partial charge in [-0.25, -0.2) is 4.39 Å². The van der Waals surface area contributed by atoms with Crippen molar-refractivity contribution >= 4 is 51.1 Å². The lowest BCUT2D eigenvalue weighted by Gasteiger charge is -2.17. The van der Waals surface area contributed by atoms with Gasteiger partial charge >= 0.3 is 0 Å². The number of carbonyl (C=O) groups excluding carboxylic acids is 2. The van der Waals surface area contributed by atoms with Gasteiger partial charge in [0.15, 0.2) is 0 Å². The lowest BCUT2D eigenvalue weighted by molar-refractivity contribution is 0.102. The van der Waals surface area contributed by atoms with E-state index >= 15 is 0 Å². The van der Waals surface area contributed by atoms with Gasteiger partial charge in [-0.15, -0.1) is 11.3 Å². The molecule has 4 rings (SSSR count). The highest BCUT2D eigenvalue weighted by molar-refractivity contribution is 7.18. The Bertz CT molecular complexity index is 1180. The van der Waals surface area contributed by atoms with Crippen molar-refractivity contribution in [1.82, 2.24) is 0 Å². The molecule has 0 saturated heterocycles. The van der Waals surface area contributed by atoms with Gasteiger partial charge < -0.3 is 15.5 Å².